The van der Waals surface area contributed by atoms with Gasteiger partial charge in [0, 0.05) is 23.6 Å². The van der Waals surface area contributed by atoms with Gasteiger partial charge in [-0.05, 0) is 36.4 Å². The van der Waals surface area contributed by atoms with Crippen molar-refractivity contribution in [3.8, 4) is 11.8 Å². The summed E-state index contributed by atoms with van der Waals surface area (Å²) in [4.78, 5) is 35.3. The highest BCUT2D eigenvalue weighted by atomic mass is 35.5. The molecule has 2 rings (SSSR count). The minimum Gasteiger partial charge on any atom is -0.482 e. The molecule has 2 aromatic rings. The number of hydrogen-bond donors (Lipinski definition) is 3. The van der Waals surface area contributed by atoms with Crippen LogP contribution in [0.5, 0.6) is 5.75 Å². The number of nitrogens with zero attached hydrogens (tertiary/aromatic N) is 1. The Morgan fingerprint density at radius 1 is 1.00 bits per heavy atom. The van der Waals surface area contributed by atoms with Gasteiger partial charge in [0.25, 0.3) is 11.8 Å². The fourth-order valence-corrected chi connectivity index (χ4v) is 2.19. The third kappa shape index (κ3) is 6.63. The molecule has 0 radical (unpaired) electrons. The molecule has 28 heavy (non-hydrogen) atoms. The second-order valence-electron chi connectivity index (χ2n) is 5.51. The van der Waals surface area contributed by atoms with Crippen LogP contribution in [0.2, 0.25) is 5.02 Å². The number of halogens is 1. The van der Waals surface area contributed by atoms with Crippen LogP contribution in [0, 0.1) is 11.3 Å². The minimum absolute atomic E-state index is 0.0300. The van der Waals surface area contributed by atoms with Crippen molar-refractivity contribution in [2.45, 2.75) is 6.42 Å². The zero-order chi connectivity index (χ0) is 20.4. The summed E-state index contributed by atoms with van der Waals surface area (Å²) in [5.74, 6) is -1.14. The third-order valence-electron chi connectivity index (χ3n) is 3.45. The molecule has 0 aliphatic heterocycles. The molecule has 0 fully saturated rings. The number of carbonyl (C=O) groups excluding carboxylic acids is 3. The van der Waals surface area contributed by atoms with Crippen molar-refractivity contribution in [1.82, 2.24) is 16.2 Å². The highest BCUT2D eigenvalue weighted by Gasteiger charge is 2.09. The van der Waals surface area contributed by atoms with E-state index < -0.39 is 11.8 Å². The van der Waals surface area contributed by atoms with Crippen molar-refractivity contribution in [2.75, 3.05) is 13.2 Å². The van der Waals surface area contributed by atoms with Gasteiger partial charge in [-0.25, -0.2) is 0 Å². The number of hydrazine groups is 1. The molecule has 9 heteroatoms. The Hall–Kier alpha value is -3.57. The maximum Gasteiger partial charge on any atom is 0.276 e. The Kier molecular flexibility index (Phi) is 7.81. The Bertz CT molecular complexity index is 894. The molecule has 0 aromatic heterocycles. The van der Waals surface area contributed by atoms with Gasteiger partial charge < -0.3 is 10.1 Å². The fraction of sp³-hybridized carbons (Fsp3) is 0.158. The largest absolute Gasteiger partial charge is 0.482 e. The molecule has 3 amide bonds. The van der Waals surface area contributed by atoms with Crippen LogP contribution in [0.1, 0.15) is 22.3 Å². The Balaban J connectivity index is 1.65. The normalized spacial score (nSPS) is 9.71. The van der Waals surface area contributed by atoms with E-state index in [9.17, 15) is 14.4 Å². The lowest BCUT2D eigenvalue weighted by Gasteiger charge is -2.10. The average Bonchev–Trinajstić information content (AvgIpc) is 2.71. The van der Waals surface area contributed by atoms with Crippen molar-refractivity contribution in [3.63, 3.8) is 0 Å². The standard InChI is InChI=1S/C19H17ClN4O4/c20-15-7-5-13(6-8-15)19(27)22-10-9-17(25)23-24-18(26)12-28-16-4-2-1-3-14(16)11-21/h1-8H,9-10,12H2,(H,22,27)(H,23,25)(H,24,26). The second-order valence-corrected chi connectivity index (χ2v) is 5.94. The molecule has 0 bridgehead atoms. The Morgan fingerprint density at radius 2 is 1.68 bits per heavy atom. The van der Waals surface area contributed by atoms with Gasteiger partial charge in [0.05, 0.1) is 5.56 Å². The molecule has 0 aliphatic rings. The van der Waals surface area contributed by atoms with E-state index in [1.54, 1.807) is 48.5 Å². The van der Waals surface area contributed by atoms with Crippen LogP contribution in [-0.2, 0) is 9.59 Å². The zero-order valence-corrected chi connectivity index (χ0v) is 15.5. The van der Waals surface area contributed by atoms with Gasteiger partial charge in [0.2, 0.25) is 5.91 Å². The summed E-state index contributed by atoms with van der Waals surface area (Å²) in [6.45, 7) is -0.276. The first kappa shape index (κ1) is 20.7. The monoisotopic (exact) mass is 400 g/mol. The molecule has 0 atom stereocenters. The smallest absolute Gasteiger partial charge is 0.276 e. The fourth-order valence-electron chi connectivity index (χ4n) is 2.06. The predicted molar refractivity (Wildman–Crippen MR) is 101 cm³/mol. The minimum atomic E-state index is -0.591. The summed E-state index contributed by atoms with van der Waals surface area (Å²) in [6.07, 6.45) is -0.0300. The molecule has 0 unspecified atom stereocenters. The number of ether oxygens (including phenoxy) is 1. The highest BCUT2D eigenvalue weighted by molar-refractivity contribution is 6.30. The summed E-state index contributed by atoms with van der Waals surface area (Å²) in [6, 6.07) is 14.8. The van der Waals surface area contributed by atoms with Crippen LogP contribution < -0.4 is 20.9 Å². The lowest BCUT2D eigenvalue weighted by molar-refractivity contribution is -0.129. The molecule has 2 aromatic carbocycles. The zero-order valence-electron chi connectivity index (χ0n) is 14.7. The third-order valence-corrected chi connectivity index (χ3v) is 3.70. The van der Waals surface area contributed by atoms with Crippen LogP contribution in [0.15, 0.2) is 48.5 Å². The maximum atomic E-state index is 11.9. The first-order valence-corrected chi connectivity index (χ1v) is 8.61. The summed E-state index contributed by atoms with van der Waals surface area (Å²) < 4.78 is 5.24. The average molecular weight is 401 g/mol. The van der Waals surface area contributed by atoms with Gasteiger partial charge in [-0.2, -0.15) is 5.26 Å². The van der Waals surface area contributed by atoms with Crippen LogP contribution in [0.25, 0.3) is 0 Å². The molecule has 0 saturated carbocycles. The van der Waals surface area contributed by atoms with Gasteiger partial charge in [0.1, 0.15) is 11.8 Å². The van der Waals surface area contributed by atoms with Gasteiger partial charge in [-0.3, -0.25) is 25.2 Å². The molecule has 144 valence electrons. The molecule has 0 saturated heterocycles. The number of para-hydroxylation sites is 1. The predicted octanol–water partition coefficient (Wildman–Crippen LogP) is 1.56. The van der Waals surface area contributed by atoms with Gasteiger partial charge in [0.15, 0.2) is 6.61 Å². The second kappa shape index (κ2) is 10.5. The van der Waals surface area contributed by atoms with Crippen LogP contribution in [-0.4, -0.2) is 30.9 Å². The van der Waals surface area contributed by atoms with E-state index in [2.05, 4.69) is 16.2 Å². The molecular formula is C19H17ClN4O4. The molecule has 0 aliphatic carbocycles. The first-order valence-electron chi connectivity index (χ1n) is 8.23. The molecule has 0 heterocycles. The maximum absolute atomic E-state index is 11.9. The van der Waals surface area contributed by atoms with E-state index in [0.29, 0.717) is 16.1 Å². The van der Waals surface area contributed by atoms with Crippen molar-refractivity contribution in [2.24, 2.45) is 0 Å². The summed E-state index contributed by atoms with van der Waals surface area (Å²) in [5.41, 5.74) is 5.13. The van der Waals surface area contributed by atoms with E-state index in [0.717, 1.165) is 0 Å². The van der Waals surface area contributed by atoms with E-state index in [4.69, 9.17) is 21.6 Å². The number of hydrogen-bond acceptors (Lipinski definition) is 5. The number of nitriles is 1. The van der Waals surface area contributed by atoms with Crippen LogP contribution >= 0.6 is 11.6 Å². The summed E-state index contributed by atoms with van der Waals surface area (Å²) in [5, 5.41) is 12.0. The number of nitrogens with one attached hydrogen (secondary N) is 3. The van der Waals surface area contributed by atoms with Gasteiger partial charge in [-0.15, -0.1) is 0 Å². The molecular weight excluding hydrogens is 384 g/mol. The lowest BCUT2D eigenvalue weighted by atomic mass is 10.2. The highest BCUT2D eigenvalue weighted by Crippen LogP contribution is 2.16. The van der Waals surface area contributed by atoms with Crippen LogP contribution in [0.3, 0.4) is 0 Å². The van der Waals surface area contributed by atoms with E-state index in [-0.39, 0.29) is 31.2 Å². The summed E-state index contributed by atoms with van der Waals surface area (Å²) in [7, 11) is 0. The van der Waals surface area contributed by atoms with E-state index in [1.807, 2.05) is 6.07 Å². The van der Waals surface area contributed by atoms with E-state index in [1.165, 1.54) is 0 Å². The number of amides is 3. The lowest BCUT2D eigenvalue weighted by Crippen LogP contribution is -2.44. The number of benzene rings is 2. The van der Waals surface area contributed by atoms with Gasteiger partial charge in [-0.1, -0.05) is 23.7 Å². The van der Waals surface area contributed by atoms with Crippen molar-refractivity contribution >= 4 is 29.3 Å². The molecule has 0 spiro atoms. The topological polar surface area (TPSA) is 120 Å². The van der Waals surface area contributed by atoms with E-state index >= 15 is 0 Å². The Labute approximate surface area is 166 Å². The quantitative estimate of drug-likeness (QED) is 0.609. The summed E-state index contributed by atoms with van der Waals surface area (Å²) >= 11 is 5.75. The molecule has 8 nitrogen and oxygen atoms in total. The van der Waals surface area contributed by atoms with Crippen LogP contribution in [0.4, 0.5) is 0 Å². The van der Waals surface area contributed by atoms with Crippen molar-refractivity contribution in [3.05, 3.63) is 64.7 Å². The molecule has 3 N–H and O–H groups in total. The van der Waals surface area contributed by atoms with Crippen molar-refractivity contribution in [1.29, 1.82) is 5.26 Å². The van der Waals surface area contributed by atoms with Crippen molar-refractivity contribution < 1.29 is 19.1 Å². The number of rotatable bonds is 7. The van der Waals surface area contributed by atoms with Gasteiger partial charge >= 0.3 is 0 Å². The first-order chi connectivity index (χ1) is 13.5. The SMILES string of the molecule is N#Cc1ccccc1OCC(=O)NNC(=O)CCNC(=O)c1ccc(Cl)cc1. The number of carbonyl (C=O) groups is 3. The Morgan fingerprint density at radius 3 is 2.39 bits per heavy atom.